The van der Waals surface area contributed by atoms with Gasteiger partial charge in [0.15, 0.2) is 0 Å². The molecule has 1 unspecified atom stereocenters. The molecule has 118 valence electrons. The van der Waals surface area contributed by atoms with E-state index in [1.807, 2.05) is 12.1 Å². The molecule has 0 aliphatic heterocycles. The highest BCUT2D eigenvalue weighted by molar-refractivity contribution is 6.31. The first kappa shape index (κ1) is 16.8. The Bertz CT molecular complexity index is 441. The Kier molecular flexibility index (Phi) is 6.09. The van der Waals surface area contributed by atoms with Crippen LogP contribution in [0.15, 0.2) is 24.3 Å². The molecule has 1 atom stereocenters. The van der Waals surface area contributed by atoms with Gasteiger partial charge in [-0.2, -0.15) is 0 Å². The third-order valence-corrected chi connectivity index (χ3v) is 5.70. The van der Waals surface area contributed by atoms with E-state index < -0.39 is 0 Å². The van der Waals surface area contributed by atoms with Crippen LogP contribution in [0.1, 0.15) is 57.1 Å². The second-order valence-electron chi connectivity index (χ2n) is 6.69. The Labute approximate surface area is 134 Å². The predicted octanol–water partition coefficient (Wildman–Crippen LogP) is 4.63. The number of rotatable bonds is 6. The van der Waals surface area contributed by atoms with Crippen LogP contribution in [0.3, 0.4) is 0 Å². The molecule has 21 heavy (non-hydrogen) atoms. The summed E-state index contributed by atoms with van der Waals surface area (Å²) in [7, 11) is 2.20. The van der Waals surface area contributed by atoms with Crippen molar-refractivity contribution in [3.8, 4) is 0 Å². The minimum Gasteiger partial charge on any atom is -0.330 e. The van der Waals surface area contributed by atoms with E-state index in [4.69, 9.17) is 17.3 Å². The Morgan fingerprint density at radius 3 is 2.52 bits per heavy atom. The highest BCUT2D eigenvalue weighted by Crippen LogP contribution is 2.39. The molecular weight excluding hydrogens is 280 g/mol. The molecule has 2 rings (SSSR count). The number of halogens is 1. The fourth-order valence-electron chi connectivity index (χ4n) is 3.52. The van der Waals surface area contributed by atoms with E-state index in [2.05, 4.69) is 31.0 Å². The zero-order valence-corrected chi connectivity index (χ0v) is 14.2. The summed E-state index contributed by atoms with van der Waals surface area (Å²) >= 11 is 6.32. The van der Waals surface area contributed by atoms with Gasteiger partial charge in [-0.05, 0) is 63.4 Å². The van der Waals surface area contributed by atoms with Gasteiger partial charge in [-0.1, -0.05) is 49.1 Å². The van der Waals surface area contributed by atoms with Crippen molar-refractivity contribution in [2.24, 2.45) is 11.1 Å². The first-order chi connectivity index (χ1) is 10.1. The Hall–Kier alpha value is -0.570. The lowest BCUT2D eigenvalue weighted by Crippen LogP contribution is -2.37. The van der Waals surface area contributed by atoms with Gasteiger partial charge < -0.3 is 5.73 Å². The van der Waals surface area contributed by atoms with Gasteiger partial charge in [0.25, 0.3) is 0 Å². The summed E-state index contributed by atoms with van der Waals surface area (Å²) in [6.45, 7) is 4.15. The van der Waals surface area contributed by atoms with Gasteiger partial charge in [0.1, 0.15) is 0 Å². The SMILES string of the molecule is CC(c1ccccc1Cl)N(C)CCC1(CN)CCCCC1. The molecule has 0 saturated heterocycles. The van der Waals surface area contributed by atoms with Crippen molar-refractivity contribution < 1.29 is 0 Å². The van der Waals surface area contributed by atoms with Gasteiger partial charge in [-0.15, -0.1) is 0 Å². The largest absolute Gasteiger partial charge is 0.330 e. The lowest BCUT2D eigenvalue weighted by atomic mass is 9.72. The number of nitrogens with two attached hydrogens (primary N) is 1. The van der Waals surface area contributed by atoms with Crippen LogP contribution in [-0.2, 0) is 0 Å². The zero-order chi connectivity index (χ0) is 15.3. The van der Waals surface area contributed by atoms with Gasteiger partial charge in [-0.25, -0.2) is 0 Å². The van der Waals surface area contributed by atoms with E-state index in [-0.39, 0.29) is 0 Å². The van der Waals surface area contributed by atoms with Gasteiger partial charge in [0.2, 0.25) is 0 Å². The van der Waals surface area contributed by atoms with E-state index in [0.717, 1.165) is 18.1 Å². The van der Waals surface area contributed by atoms with Gasteiger partial charge >= 0.3 is 0 Å². The maximum atomic E-state index is 6.32. The lowest BCUT2D eigenvalue weighted by Gasteiger charge is -2.38. The van der Waals surface area contributed by atoms with Crippen LogP contribution in [0.5, 0.6) is 0 Å². The normalized spacial score (nSPS) is 19.7. The van der Waals surface area contributed by atoms with Crippen LogP contribution >= 0.6 is 11.6 Å². The molecule has 2 nitrogen and oxygen atoms in total. The van der Waals surface area contributed by atoms with Crippen molar-refractivity contribution >= 4 is 11.6 Å². The number of nitrogens with zero attached hydrogens (tertiary/aromatic N) is 1. The smallest absolute Gasteiger partial charge is 0.0453 e. The quantitative estimate of drug-likeness (QED) is 0.830. The Morgan fingerprint density at radius 2 is 1.90 bits per heavy atom. The molecule has 1 aliphatic rings. The first-order valence-corrected chi connectivity index (χ1v) is 8.60. The maximum Gasteiger partial charge on any atom is 0.0453 e. The molecule has 0 aromatic heterocycles. The molecule has 1 aromatic rings. The van der Waals surface area contributed by atoms with Crippen LogP contribution in [0.4, 0.5) is 0 Å². The van der Waals surface area contributed by atoms with Crippen molar-refractivity contribution in [2.45, 2.75) is 51.5 Å². The number of hydrogen-bond donors (Lipinski definition) is 1. The summed E-state index contributed by atoms with van der Waals surface area (Å²) in [5, 5.41) is 0.864. The minimum absolute atomic E-state index is 0.345. The fraction of sp³-hybridized carbons (Fsp3) is 0.667. The van der Waals surface area contributed by atoms with E-state index in [1.54, 1.807) is 0 Å². The molecule has 1 fully saturated rings. The van der Waals surface area contributed by atoms with Gasteiger partial charge in [0, 0.05) is 11.1 Å². The summed E-state index contributed by atoms with van der Waals surface area (Å²) in [5.74, 6) is 0. The van der Waals surface area contributed by atoms with Crippen LogP contribution < -0.4 is 5.73 Å². The van der Waals surface area contributed by atoms with Crippen molar-refractivity contribution in [3.05, 3.63) is 34.9 Å². The maximum absolute atomic E-state index is 6.32. The molecule has 1 saturated carbocycles. The third kappa shape index (κ3) is 4.21. The molecule has 0 radical (unpaired) electrons. The molecule has 2 N–H and O–H groups in total. The molecule has 1 aromatic carbocycles. The average molecular weight is 309 g/mol. The first-order valence-electron chi connectivity index (χ1n) is 8.23. The van der Waals surface area contributed by atoms with Crippen molar-refractivity contribution in [1.29, 1.82) is 0 Å². The van der Waals surface area contributed by atoms with E-state index in [0.29, 0.717) is 11.5 Å². The average Bonchev–Trinajstić information content (AvgIpc) is 2.53. The van der Waals surface area contributed by atoms with Gasteiger partial charge in [0.05, 0.1) is 0 Å². The number of benzene rings is 1. The highest BCUT2D eigenvalue weighted by Gasteiger charge is 2.31. The second kappa shape index (κ2) is 7.62. The van der Waals surface area contributed by atoms with Crippen molar-refractivity contribution in [1.82, 2.24) is 4.90 Å². The summed E-state index contributed by atoms with van der Waals surface area (Å²) in [6, 6.07) is 8.50. The van der Waals surface area contributed by atoms with Crippen LogP contribution in [-0.4, -0.2) is 25.0 Å². The molecule has 0 spiro atoms. The fourth-order valence-corrected chi connectivity index (χ4v) is 3.81. The number of hydrogen-bond acceptors (Lipinski definition) is 2. The van der Waals surface area contributed by atoms with Crippen LogP contribution in [0.2, 0.25) is 5.02 Å². The summed E-state index contributed by atoms with van der Waals surface area (Å²) in [6.07, 6.45) is 7.89. The molecule has 0 bridgehead atoms. The van der Waals surface area contributed by atoms with Crippen LogP contribution in [0.25, 0.3) is 0 Å². The third-order valence-electron chi connectivity index (χ3n) is 5.36. The molecule has 0 heterocycles. The van der Waals surface area contributed by atoms with E-state index >= 15 is 0 Å². The minimum atomic E-state index is 0.345. The summed E-state index contributed by atoms with van der Waals surface area (Å²) < 4.78 is 0. The molecule has 0 amide bonds. The predicted molar refractivity (Wildman–Crippen MR) is 91.7 cm³/mol. The van der Waals surface area contributed by atoms with Crippen molar-refractivity contribution in [3.63, 3.8) is 0 Å². The molecular formula is C18H29ClN2. The van der Waals surface area contributed by atoms with Crippen molar-refractivity contribution in [2.75, 3.05) is 20.1 Å². The highest BCUT2D eigenvalue weighted by atomic mass is 35.5. The van der Waals surface area contributed by atoms with Crippen LogP contribution in [0, 0.1) is 5.41 Å². The van der Waals surface area contributed by atoms with E-state index in [9.17, 15) is 0 Å². The Morgan fingerprint density at radius 1 is 1.24 bits per heavy atom. The topological polar surface area (TPSA) is 29.3 Å². The Balaban J connectivity index is 1.94. The molecule has 3 heteroatoms. The lowest BCUT2D eigenvalue weighted by molar-refractivity contribution is 0.143. The standard InChI is InChI=1S/C18H29ClN2/c1-15(16-8-4-5-9-17(16)19)21(2)13-12-18(14-20)10-6-3-7-11-18/h4-5,8-9,15H,3,6-7,10-14,20H2,1-2H3. The monoisotopic (exact) mass is 308 g/mol. The van der Waals surface area contributed by atoms with E-state index in [1.165, 1.54) is 44.1 Å². The molecule has 1 aliphatic carbocycles. The summed E-state index contributed by atoms with van der Waals surface area (Å²) in [4.78, 5) is 2.41. The zero-order valence-electron chi connectivity index (χ0n) is 13.4. The summed E-state index contributed by atoms with van der Waals surface area (Å²) in [5.41, 5.74) is 7.69. The second-order valence-corrected chi connectivity index (χ2v) is 7.10. The van der Waals surface area contributed by atoms with Gasteiger partial charge in [-0.3, -0.25) is 4.90 Å².